The Labute approximate surface area is 106 Å². The molecule has 1 saturated carbocycles. The van der Waals surface area contributed by atoms with Crippen molar-refractivity contribution in [2.75, 3.05) is 6.54 Å². The van der Waals surface area contributed by atoms with E-state index in [4.69, 9.17) is 0 Å². The summed E-state index contributed by atoms with van der Waals surface area (Å²) < 4.78 is 1.86. The molecule has 0 spiro atoms. The fraction of sp³-hybridized carbons (Fsp3) is 0.462. The van der Waals surface area contributed by atoms with Gasteiger partial charge in [0.05, 0.1) is 18.4 Å². The number of hydrogen-bond acceptors (Lipinski definition) is 4. The zero-order chi connectivity index (χ0) is 12.2. The van der Waals surface area contributed by atoms with Crippen LogP contribution in [0.5, 0.6) is 0 Å². The molecular formula is C13H17N5. The molecule has 0 unspecified atom stereocenters. The molecule has 0 aliphatic heterocycles. The maximum Gasteiger partial charge on any atom is 0.0964 e. The summed E-state index contributed by atoms with van der Waals surface area (Å²) in [6, 6.07) is 3.99. The minimum Gasteiger partial charge on any atom is -0.311 e. The summed E-state index contributed by atoms with van der Waals surface area (Å²) in [6.45, 7) is 2.67. The van der Waals surface area contributed by atoms with E-state index in [0.717, 1.165) is 31.2 Å². The highest BCUT2D eigenvalue weighted by Crippen LogP contribution is 2.27. The van der Waals surface area contributed by atoms with Crippen LogP contribution >= 0.6 is 0 Å². The summed E-state index contributed by atoms with van der Waals surface area (Å²) in [6.07, 6.45) is 8.35. The second-order valence-corrected chi connectivity index (χ2v) is 4.84. The van der Waals surface area contributed by atoms with E-state index >= 15 is 0 Å². The number of nitrogens with zero attached hydrogens (tertiary/aromatic N) is 4. The van der Waals surface area contributed by atoms with Gasteiger partial charge in [-0.2, -0.15) is 0 Å². The summed E-state index contributed by atoms with van der Waals surface area (Å²) in [5.41, 5.74) is 2.19. The molecule has 1 N–H and O–H groups in total. The molecule has 5 heteroatoms. The normalized spacial score (nSPS) is 14.9. The van der Waals surface area contributed by atoms with Gasteiger partial charge >= 0.3 is 0 Å². The number of pyridine rings is 1. The van der Waals surface area contributed by atoms with Crippen molar-refractivity contribution in [1.82, 2.24) is 25.3 Å². The third kappa shape index (κ3) is 3.13. The topological polar surface area (TPSA) is 55.6 Å². The summed E-state index contributed by atoms with van der Waals surface area (Å²) in [5.74, 6) is 0.900. The van der Waals surface area contributed by atoms with Crippen LogP contribution in [-0.2, 0) is 13.1 Å². The van der Waals surface area contributed by atoms with Gasteiger partial charge in [-0.25, -0.2) is 4.68 Å². The van der Waals surface area contributed by atoms with Crippen molar-refractivity contribution in [3.8, 4) is 0 Å². The highest BCUT2D eigenvalue weighted by molar-refractivity contribution is 5.10. The van der Waals surface area contributed by atoms with Crippen LogP contribution in [0, 0.1) is 5.92 Å². The summed E-state index contributed by atoms with van der Waals surface area (Å²) in [4.78, 5) is 4.00. The molecular weight excluding hydrogens is 226 g/mol. The lowest BCUT2D eigenvalue weighted by molar-refractivity contribution is 0.627. The van der Waals surface area contributed by atoms with Crippen LogP contribution in [-0.4, -0.2) is 26.5 Å². The van der Waals surface area contributed by atoms with Crippen molar-refractivity contribution >= 4 is 0 Å². The Morgan fingerprint density at radius 2 is 2.11 bits per heavy atom. The van der Waals surface area contributed by atoms with Crippen molar-refractivity contribution in [2.24, 2.45) is 5.92 Å². The van der Waals surface area contributed by atoms with Crippen LogP contribution in [0.2, 0.25) is 0 Å². The van der Waals surface area contributed by atoms with E-state index in [1.54, 1.807) is 12.4 Å². The van der Waals surface area contributed by atoms with Gasteiger partial charge in [0.2, 0.25) is 0 Å². The minimum atomic E-state index is 0.748. The zero-order valence-corrected chi connectivity index (χ0v) is 10.3. The number of rotatable bonds is 6. The van der Waals surface area contributed by atoms with Crippen molar-refractivity contribution in [3.05, 3.63) is 42.0 Å². The third-order valence-electron chi connectivity index (χ3n) is 3.12. The number of nitrogens with one attached hydrogen (secondary N) is 1. The van der Waals surface area contributed by atoms with Gasteiger partial charge in [0.1, 0.15) is 0 Å². The van der Waals surface area contributed by atoms with Gasteiger partial charge in [-0.3, -0.25) is 4.98 Å². The lowest BCUT2D eigenvalue weighted by atomic mass is 10.3. The quantitative estimate of drug-likeness (QED) is 0.829. The minimum absolute atomic E-state index is 0.748. The van der Waals surface area contributed by atoms with E-state index in [9.17, 15) is 0 Å². The highest BCUT2D eigenvalue weighted by Gasteiger charge is 2.20. The van der Waals surface area contributed by atoms with E-state index in [2.05, 4.69) is 20.6 Å². The summed E-state index contributed by atoms with van der Waals surface area (Å²) in [7, 11) is 0. The van der Waals surface area contributed by atoms with Gasteiger partial charge in [-0.1, -0.05) is 5.21 Å². The largest absolute Gasteiger partial charge is 0.311 e. The van der Waals surface area contributed by atoms with Gasteiger partial charge in [-0.15, -0.1) is 5.10 Å². The highest BCUT2D eigenvalue weighted by atomic mass is 15.4. The first-order valence-electron chi connectivity index (χ1n) is 6.39. The molecule has 2 heterocycles. The second-order valence-electron chi connectivity index (χ2n) is 4.84. The fourth-order valence-corrected chi connectivity index (χ4v) is 1.90. The van der Waals surface area contributed by atoms with E-state index in [1.165, 1.54) is 18.4 Å². The van der Waals surface area contributed by atoms with Gasteiger partial charge in [0.15, 0.2) is 0 Å². The predicted molar refractivity (Wildman–Crippen MR) is 67.8 cm³/mol. The molecule has 2 aromatic heterocycles. The molecule has 94 valence electrons. The van der Waals surface area contributed by atoms with E-state index in [0.29, 0.717) is 0 Å². The molecule has 0 bridgehead atoms. The first kappa shape index (κ1) is 11.3. The van der Waals surface area contributed by atoms with Gasteiger partial charge < -0.3 is 5.32 Å². The third-order valence-corrected chi connectivity index (χ3v) is 3.12. The Balaban J connectivity index is 1.52. The standard InChI is InChI=1S/C13H17N5/c1-2-11(1)7-15-8-13-10-18(17-16-13)9-12-3-5-14-6-4-12/h3-6,10-11,15H,1-2,7-9H2. The average Bonchev–Trinajstić information content (AvgIpc) is 3.11. The Bertz CT molecular complexity index is 489. The van der Waals surface area contributed by atoms with Crippen LogP contribution in [0.25, 0.3) is 0 Å². The average molecular weight is 243 g/mol. The van der Waals surface area contributed by atoms with Crippen LogP contribution in [0.3, 0.4) is 0 Å². The molecule has 2 aromatic rings. The lowest BCUT2D eigenvalue weighted by Gasteiger charge is -2.00. The molecule has 0 amide bonds. The van der Waals surface area contributed by atoms with Gasteiger partial charge in [0, 0.05) is 18.9 Å². The zero-order valence-electron chi connectivity index (χ0n) is 10.3. The lowest BCUT2D eigenvalue weighted by Crippen LogP contribution is -2.16. The number of aromatic nitrogens is 4. The van der Waals surface area contributed by atoms with Crippen LogP contribution in [0.1, 0.15) is 24.1 Å². The van der Waals surface area contributed by atoms with Crippen LogP contribution in [0.15, 0.2) is 30.7 Å². The Morgan fingerprint density at radius 3 is 2.89 bits per heavy atom. The molecule has 0 aromatic carbocycles. The van der Waals surface area contributed by atoms with E-state index in [-0.39, 0.29) is 0 Å². The van der Waals surface area contributed by atoms with Crippen molar-refractivity contribution < 1.29 is 0 Å². The molecule has 1 aliphatic rings. The SMILES string of the molecule is c1cc(Cn2cc(CNCC3CC3)nn2)ccn1. The van der Waals surface area contributed by atoms with Crippen molar-refractivity contribution in [3.63, 3.8) is 0 Å². The first-order valence-corrected chi connectivity index (χ1v) is 6.39. The second kappa shape index (κ2) is 5.27. The first-order chi connectivity index (χ1) is 8.90. The van der Waals surface area contributed by atoms with Gasteiger partial charge in [-0.05, 0) is 43.0 Å². The molecule has 1 aliphatic carbocycles. The maximum atomic E-state index is 4.16. The molecule has 18 heavy (non-hydrogen) atoms. The number of hydrogen-bond donors (Lipinski definition) is 1. The molecule has 1 fully saturated rings. The Morgan fingerprint density at radius 1 is 1.28 bits per heavy atom. The van der Waals surface area contributed by atoms with Crippen LogP contribution in [0.4, 0.5) is 0 Å². The molecule has 0 saturated heterocycles. The maximum absolute atomic E-state index is 4.16. The molecule has 0 radical (unpaired) electrons. The monoisotopic (exact) mass is 243 g/mol. The molecule has 5 nitrogen and oxygen atoms in total. The van der Waals surface area contributed by atoms with Gasteiger partial charge in [0.25, 0.3) is 0 Å². The predicted octanol–water partition coefficient (Wildman–Crippen LogP) is 1.22. The molecule has 0 atom stereocenters. The van der Waals surface area contributed by atoms with Crippen LogP contribution < -0.4 is 5.32 Å². The fourth-order valence-electron chi connectivity index (χ4n) is 1.90. The smallest absolute Gasteiger partial charge is 0.0964 e. The summed E-state index contributed by atoms with van der Waals surface area (Å²) >= 11 is 0. The Hall–Kier alpha value is -1.75. The van der Waals surface area contributed by atoms with E-state index < -0.39 is 0 Å². The van der Waals surface area contributed by atoms with Crippen molar-refractivity contribution in [2.45, 2.75) is 25.9 Å². The van der Waals surface area contributed by atoms with Crippen molar-refractivity contribution in [1.29, 1.82) is 0 Å². The van der Waals surface area contributed by atoms with E-state index in [1.807, 2.05) is 23.0 Å². The summed E-state index contributed by atoms with van der Waals surface area (Å²) in [5, 5.41) is 11.7. The molecule has 3 rings (SSSR count). The Kier molecular flexibility index (Phi) is 3.32.